The van der Waals surface area contributed by atoms with E-state index in [9.17, 15) is 4.39 Å². The van der Waals surface area contributed by atoms with Crippen molar-refractivity contribution >= 4 is 12.0 Å². The lowest BCUT2D eigenvalue weighted by molar-refractivity contribution is 0.630. The van der Waals surface area contributed by atoms with Crippen molar-refractivity contribution in [3.63, 3.8) is 0 Å². The smallest absolute Gasteiger partial charge is 0.149 e. The number of aliphatic imine (C=N–C) groups is 1. The second kappa shape index (κ2) is 4.14. The van der Waals surface area contributed by atoms with E-state index >= 15 is 0 Å². The minimum absolute atomic E-state index is 0.232. The highest BCUT2D eigenvalue weighted by molar-refractivity contribution is 5.66. The Morgan fingerprint density at radius 1 is 1.44 bits per heavy atom. The number of halogens is 1. The van der Waals surface area contributed by atoms with E-state index in [0.29, 0.717) is 0 Å². The van der Waals surface area contributed by atoms with Gasteiger partial charge in [-0.2, -0.15) is 5.10 Å². The molecule has 1 aromatic carbocycles. The molecule has 4 nitrogen and oxygen atoms in total. The fourth-order valence-electron chi connectivity index (χ4n) is 1.44. The summed E-state index contributed by atoms with van der Waals surface area (Å²) < 4.78 is 15.2. The molecule has 16 heavy (non-hydrogen) atoms. The molecule has 0 aliphatic heterocycles. The van der Waals surface area contributed by atoms with Gasteiger partial charge in [-0.3, -0.25) is 4.68 Å². The van der Waals surface area contributed by atoms with Gasteiger partial charge in [-0.25, -0.2) is 9.38 Å². The van der Waals surface area contributed by atoms with Crippen molar-refractivity contribution in [2.75, 3.05) is 0 Å². The summed E-state index contributed by atoms with van der Waals surface area (Å²) in [6.07, 6.45) is 4.57. The number of aryl methyl sites for hydroxylation is 1. The zero-order valence-corrected chi connectivity index (χ0v) is 8.76. The Morgan fingerprint density at radius 3 is 2.81 bits per heavy atom. The number of nitrogens with zero attached hydrogens (tertiary/aromatic N) is 3. The minimum Gasteiger partial charge on any atom is -0.390 e. The average Bonchev–Trinajstić information content (AvgIpc) is 2.68. The summed E-state index contributed by atoms with van der Waals surface area (Å²) in [5.74, 6) is -0.400. The van der Waals surface area contributed by atoms with Crippen LogP contribution in [0.15, 0.2) is 35.6 Å². The fourth-order valence-corrected chi connectivity index (χ4v) is 1.44. The molecule has 2 aromatic rings. The molecule has 0 atom stereocenters. The van der Waals surface area contributed by atoms with Crippen molar-refractivity contribution in [2.24, 2.45) is 17.8 Å². The van der Waals surface area contributed by atoms with E-state index in [1.807, 2.05) is 13.2 Å². The summed E-state index contributed by atoms with van der Waals surface area (Å²) in [5.41, 5.74) is 6.97. The summed E-state index contributed by atoms with van der Waals surface area (Å²) in [4.78, 5) is 3.70. The molecule has 2 N–H and O–H groups in total. The van der Waals surface area contributed by atoms with Crippen LogP contribution < -0.4 is 5.73 Å². The molecule has 0 amide bonds. The Morgan fingerprint density at radius 2 is 2.25 bits per heavy atom. The highest BCUT2D eigenvalue weighted by Crippen LogP contribution is 2.25. The molecule has 82 valence electrons. The number of hydrogen-bond acceptors (Lipinski definition) is 2. The number of nitrogens with two attached hydrogens (primary N) is 1. The van der Waals surface area contributed by atoms with E-state index < -0.39 is 5.82 Å². The first-order valence-electron chi connectivity index (χ1n) is 4.73. The highest BCUT2D eigenvalue weighted by atomic mass is 19.1. The summed E-state index contributed by atoms with van der Waals surface area (Å²) in [6.45, 7) is 0. The second-order valence-corrected chi connectivity index (χ2v) is 3.35. The molecule has 2 rings (SSSR count). The first-order chi connectivity index (χ1) is 7.70. The van der Waals surface area contributed by atoms with Crippen molar-refractivity contribution in [2.45, 2.75) is 0 Å². The molecule has 1 aromatic heterocycles. The lowest BCUT2D eigenvalue weighted by atomic mass is 10.1. The van der Waals surface area contributed by atoms with Crippen LogP contribution in [0.4, 0.5) is 10.1 Å². The lowest BCUT2D eigenvalue weighted by Gasteiger charge is -2.00. The second-order valence-electron chi connectivity index (χ2n) is 3.35. The molecule has 0 aliphatic carbocycles. The van der Waals surface area contributed by atoms with Crippen LogP contribution in [0.5, 0.6) is 0 Å². The predicted octanol–water partition coefficient (Wildman–Crippen LogP) is 1.84. The van der Waals surface area contributed by atoms with Crippen LogP contribution in [0, 0.1) is 5.82 Å². The first-order valence-corrected chi connectivity index (χ1v) is 4.73. The van der Waals surface area contributed by atoms with Gasteiger partial charge < -0.3 is 5.73 Å². The maximum absolute atomic E-state index is 13.5. The monoisotopic (exact) mass is 218 g/mol. The van der Waals surface area contributed by atoms with Crippen LogP contribution in [0.3, 0.4) is 0 Å². The van der Waals surface area contributed by atoms with Gasteiger partial charge in [0.1, 0.15) is 11.5 Å². The van der Waals surface area contributed by atoms with E-state index in [-0.39, 0.29) is 5.69 Å². The fraction of sp³-hybridized carbons (Fsp3) is 0.0909. The highest BCUT2D eigenvalue weighted by Gasteiger charge is 2.05. The standard InChI is InChI=1S/C11H11FN4/c1-16-6-9(5-15-16)8-2-3-11(14-7-13)10(12)4-8/h2-7H,1H3,(H2,13,14). The van der Waals surface area contributed by atoms with Gasteiger partial charge in [-0.05, 0) is 17.7 Å². The Balaban J connectivity index is 2.41. The molecule has 0 aliphatic rings. The van der Waals surface area contributed by atoms with E-state index in [4.69, 9.17) is 5.73 Å². The molecule has 0 saturated heterocycles. The number of benzene rings is 1. The van der Waals surface area contributed by atoms with Crippen LogP contribution in [0.25, 0.3) is 11.1 Å². The van der Waals surface area contributed by atoms with Gasteiger partial charge in [0, 0.05) is 18.8 Å². The van der Waals surface area contributed by atoms with Gasteiger partial charge in [-0.1, -0.05) is 6.07 Å². The van der Waals surface area contributed by atoms with Crippen LogP contribution >= 0.6 is 0 Å². The van der Waals surface area contributed by atoms with Gasteiger partial charge in [0.25, 0.3) is 0 Å². The maximum atomic E-state index is 13.5. The summed E-state index contributed by atoms with van der Waals surface area (Å²) in [7, 11) is 1.81. The lowest BCUT2D eigenvalue weighted by Crippen LogP contribution is -1.88. The number of hydrogen-bond donors (Lipinski definition) is 1. The van der Waals surface area contributed by atoms with E-state index in [0.717, 1.165) is 17.5 Å². The van der Waals surface area contributed by atoms with E-state index in [2.05, 4.69) is 10.1 Å². The summed E-state index contributed by atoms with van der Waals surface area (Å²) in [5, 5.41) is 4.03. The zero-order chi connectivity index (χ0) is 11.5. The third-order valence-electron chi connectivity index (χ3n) is 2.20. The Kier molecular flexibility index (Phi) is 2.68. The zero-order valence-electron chi connectivity index (χ0n) is 8.76. The number of aromatic nitrogens is 2. The normalized spacial score (nSPS) is 11.1. The Hall–Kier alpha value is -2.17. The molecule has 0 radical (unpaired) electrons. The first kappa shape index (κ1) is 10.4. The van der Waals surface area contributed by atoms with Crippen LogP contribution in [0.1, 0.15) is 0 Å². The largest absolute Gasteiger partial charge is 0.390 e. The van der Waals surface area contributed by atoms with Crippen molar-refractivity contribution in [3.8, 4) is 11.1 Å². The number of rotatable bonds is 2. The average molecular weight is 218 g/mol. The quantitative estimate of drug-likeness (QED) is 0.617. The third-order valence-corrected chi connectivity index (χ3v) is 2.20. The van der Waals surface area contributed by atoms with Crippen LogP contribution in [0.2, 0.25) is 0 Å². The van der Waals surface area contributed by atoms with Gasteiger partial charge in [0.05, 0.1) is 12.5 Å². The molecule has 5 heteroatoms. The molecular formula is C11H11FN4. The van der Waals surface area contributed by atoms with Gasteiger partial charge in [-0.15, -0.1) is 0 Å². The summed E-state index contributed by atoms with van der Waals surface area (Å²) in [6, 6.07) is 4.78. The molecular weight excluding hydrogens is 207 g/mol. The van der Waals surface area contributed by atoms with Gasteiger partial charge in [0.2, 0.25) is 0 Å². The van der Waals surface area contributed by atoms with Gasteiger partial charge in [0.15, 0.2) is 0 Å². The van der Waals surface area contributed by atoms with E-state index in [1.54, 1.807) is 23.0 Å². The third kappa shape index (κ3) is 1.93. The Bertz CT molecular complexity index is 531. The topological polar surface area (TPSA) is 56.2 Å². The van der Waals surface area contributed by atoms with Crippen molar-refractivity contribution < 1.29 is 4.39 Å². The Labute approximate surface area is 92.2 Å². The molecule has 0 unspecified atom stereocenters. The summed E-state index contributed by atoms with van der Waals surface area (Å²) >= 11 is 0. The maximum Gasteiger partial charge on any atom is 0.149 e. The molecule has 0 saturated carbocycles. The van der Waals surface area contributed by atoms with Gasteiger partial charge >= 0.3 is 0 Å². The molecule has 0 fully saturated rings. The van der Waals surface area contributed by atoms with Crippen LogP contribution in [-0.4, -0.2) is 16.1 Å². The minimum atomic E-state index is -0.400. The van der Waals surface area contributed by atoms with Crippen molar-refractivity contribution in [3.05, 3.63) is 36.4 Å². The predicted molar refractivity (Wildman–Crippen MR) is 60.9 cm³/mol. The van der Waals surface area contributed by atoms with Crippen LogP contribution in [-0.2, 0) is 7.05 Å². The molecule has 0 bridgehead atoms. The van der Waals surface area contributed by atoms with E-state index in [1.165, 1.54) is 6.07 Å². The van der Waals surface area contributed by atoms with Crippen molar-refractivity contribution in [1.82, 2.24) is 9.78 Å². The SMILES string of the molecule is Cn1cc(-c2ccc(N=CN)c(F)c2)cn1. The van der Waals surface area contributed by atoms with Crippen molar-refractivity contribution in [1.29, 1.82) is 0 Å². The molecule has 0 spiro atoms. The molecule has 1 heterocycles.